The van der Waals surface area contributed by atoms with Gasteiger partial charge in [0.2, 0.25) is 0 Å². The van der Waals surface area contributed by atoms with Crippen LogP contribution in [0.15, 0.2) is 72.8 Å². The molecule has 0 unspecified atom stereocenters. The quantitative estimate of drug-likeness (QED) is 0.722. The molecule has 0 aromatic heterocycles. The number of rotatable bonds is 4. The van der Waals surface area contributed by atoms with Crippen molar-refractivity contribution in [3.63, 3.8) is 0 Å². The van der Waals surface area contributed by atoms with Crippen molar-refractivity contribution in [3.8, 4) is 0 Å². The minimum Gasteiger partial charge on any atom is -0.322 e. The van der Waals surface area contributed by atoms with Gasteiger partial charge in [-0.05, 0) is 55.5 Å². The maximum atomic E-state index is 13.0. The van der Waals surface area contributed by atoms with Crippen LogP contribution in [-0.2, 0) is 0 Å². The molecule has 130 valence electrons. The van der Waals surface area contributed by atoms with E-state index in [0.29, 0.717) is 22.5 Å². The number of hydrogen-bond acceptors (Lipinski definition) is 2. The number of anilines is 2. The van der Waals surface area contributed by atoms with Gasteiger partial charge in [0.1, 0.15) is 5.82 Å². The first-order valence-electron chi connectivity index (χ1n) is 8.07. The minimum absolute atomic E-state index is 0.299. The predicted octanol–water partition coefficient (Wildman–Crippen LogP) is 4.64. The topological polar surface area (TPSA) is 58.2 Å². The lowest BCUT2D eigenvalue weighted by atomic mass is 10.1. The lowest BCUT2D eigenvalue weighted by Gasteiger charge is -2.12. The fourth-order valence-corrected chi connectivity index (χ4v) is 2.42. The Balaban J connectivity index is 1.79. The molecule has 0 aliphatic carbocycles. The smallest absolute Gasteiger partial charge is 0.257 e. The number of halogens is 1. The molecular formula is C21H17FN2O2. The highest BCUT2D eigenvalue weighted by Crippen LogP contribution is 2.19. The molecule has 0 heterocycles. The van der Waals surface area contributed by atoms with Crippen LogP contribution in [0.5, 0.6) is 0 Å². The van der Waals surface area contributed by atoms with Gasteiger partial charge in [-0.15, -0.1) is 0 Å². The number of hydrogen-bond donors (Lipinski definition) is 2. The summed E-state index contributed by atoms with van der Waals surface area (Å²) in [7, 11) is 0. The molecule has 0 saturated carbocycles. The van der Waals surface area contributed by atoms with E-state index >= 15 is 0 Å². The Morgan fingerprint density at radius 1 is 0.769 bits per heavy atom. The number of para-hydroxylation sites is 1. The van der Waals surface area contributed by atoms with Crippen molar-refractivity contribution in [2.75, 3.05) is 10.6 Å². The maximum absolute atomic E-state index is 13.0. The van der Waals surface area contributed by atoms with Crippen LogP contribution in [0.25, 0.3) is 0 Å². The third kappa shape index (κ3) is 4.13. The van der Waals surface area contributed by atoms with E-state index in [-0.39, 0.29) is 11.7 Å². The third-order valence-corrected chi connectivity index (χ3v) is 3.84. The van der Waals surface area contributed by atoms with Crippen LogP contribution in [-0.4, -0.2) is 11.8 Å². The van der Waals surface area contributed by atoms with Crippen molar-refractivity contribution < 1.29 is 14.0 Å². The van der Waals surface area contributed by atoms with Crippen molar-refractivity contribution in [1.82, 2.24) is 0 Å². The van der Waals surface area contributed by atoms with E-state index in [1.165, 1.54) is 24.3 Å². The van der Waals surface area contributed by atoms with Crippen LogP contribution in [0.3, 0.4) is 0 Å². The molecule has 0 atom stereocenters. The number of benzene rings is 3. The third-order valence-electron chi connectivity index (χ3n) is 3.84. The molecule has 2 amide bonds. The average Bonchev–Trinajstić information content (AvgIpc) is 2.64. The van der Waals surface area contributed by atoms with Crippen molar-refractivity contribution in [2.45, 2.75) is 6.92 Å². The van der Waals surface area contributed by atoms with E-state index in [4.69, 9.17) is 0 Å². The average molecular weight is 348 g/mol. The summed E-state index contributed by atoms with van der Waals surface area (Å²) in [6, 6.07) is 19.3. The first-order valence-corrected chi connectivity index (χ1v) is 8.07. The monoisotopic (exact) mass is 348 g/mol. The highest BCUT2D eigenvalue weighted by Gasteiger charge is 2.14. The van der Waals surface area contributed by atoms with E-state index < -0.39 is 5.91 Å². The van der Waals surface area contributed by atoms with Gasteiger partial charge < -0.3 is 10.6 Å². The molecular weight excluding hydrogens is 331 g/mol. The number of nitrogens with one attached hydrogen (secondary N) is 2. The molecule has 0 radical (unpaired) electrons. The normalized spacial score (nSPS) is 10.2. The number of carbonyl (C=O) groups is 2. The minimum atomic E-state index is -0.392. The molecule has 5 heteroatoms. The zero-order valence-electron chi connectivity index (χ0n) is 14.1. The summed E-state index contributed by atoms with van der Waals surface area (Å²) in [6.07, 6.45) is 0. The van der Waals surface area contributed by atoms with Crippen molar-refractivity contribution in [1.29, 1.82) is 0 Å². The second-order valence-electron chi connectivity index (χ2n) is 5.83. The summed E-state index contributed by atoms with van der Waals surface area (Å²) in [5, 5.41) is 5.45. The Labute approximate surface area is 150 Å². The van der Waals surface area contributed by atoms with Gasteiger partial charge in [-0.2, -0.15) is 0 Å². The molecule has 0 fully saturated rings. The van der Waals surface area contributed by atoms with Crippen LogP contribution >= 0.6 is 0 Å². The molecule has 3 rings (SSSR count). The van der Waals surface area contributed by atoms with Crippen molar-refractivity contribution in [3.05, 3.63) is 95.3 Å². The zero-order valence-corrected chi connectivity index (χ0v) is 14.1. The second kappa shape index (κ2) is 7.61. The van der Waals surface area contributed by atoms with Gasteiger partial charge in [0, 0.05) is 11.3 Å². The predicted molar refractivity (Wildman–Crippen MR) is 99.9 cm³/mol. The van der Waals surface area contributed by atoms with Crippen molar-refractivity contribution in [2.24, 2.45) is 0 Å². The van der Waals surface area contributed by atoms with Gasteiger partial charge in [0.05, 0.1) is 11.3 Å². The molecule has 3 aromatic carbocycles. The second-order valence-corrected chi connectivity index (χ2v) is 5.83. The summed E-state index contributed by atoms with van der Waals surface area (Å²) in [6.45, 7) is 1.94. The van der Waals surface area contributed by atoms with Crippen LogP contribution in [0, 0.1) is 12.7 Å². The summed E-state index contributed by atoms with van der Waals surface area (Å²) in [5.41, 5.74) is 2.75. The van der Waals surface area contributed by atoms with E-state index in [9.17, 15) is 14.0 Å². The Kier molecular flexibility index (Phi) is 5.08. The molecule has 2 N–H and O–H groups in total. The Bertz CT molecular complexity index is 935. The first-order chi connectivity index (χ1) is 12.5. The van der Waals surface area contributed by atoms with E-state index in [2.05, 4.69) is 10.6 Å². The van der Waals surface area contributed by atoms with Crippen LogP contribution in [0.4, 0.5) is 15.8 Å². The summed E-state index contributed by atoms with van der Waals surface area (Å²) in [5.74, 6) is -1.07. The van der Waals surface area contributed by atoms with E-state index in [1.807, 2.05) is 19.1 Å². The maximum Gasteiger partial charge on any atom is 0.257 e. The summed E-state index contributed by atoms with van der Waals surface area (Å²) >= 11 is 0. The van der Waals surface area contributed by atoms with Gasteiger partial charge in [0.25, 0.3) is 11.8 Å². The highest BCUT2D eigenvalue weighted by atomic mass is 19.1. The summed E-state index contributed by atoms with van der Waals surface area (Å²) in [4.78, 5) is 24.9. The zero-order chi connectivity index (χ0) is 18.5. The molecule has 0 aliphatic heterocycles. The molecule has 0 spiro atoms. The molecule has 0 saturated heterocycles. The Hall–Kier alpha value is -3.47. The lowest BCUT2D eigenvalue weighted by molar-refractivity contribution is 0.102. The fraction of sp³-hybridized carbons (Fsp3) is 0.0476. The van der Waals surface area contributed by atoms with Gasteiger partial charge in [0.15, 0.2) is 0 Å². The Morgan fingerprint density at radius 3 is 2.12 bits per heavy atom. The van der Waals surface area contributed by atoms with Crippen LogP contribution in [0.1, 0.15) is 26.3 Å². The van der Waals surface area contributed by atoms with E-state index in [0.717, 1.165) is 5.56 Å². The molecule has 26 heavy (non-hydrogen) atoms. The molecule has 3 aromatic rings. The standard InChI is InChI=1S/C21H17FN2O2/c1-14-6-8-15(9-7-14)20(25)24-19-5-3-2-4-18(19)21(26)23-17-12-10-16(22)11-13-17/h2-13H,1H3,(H,23,26)(H,24,25). The van der Waals surface area contributed by atoms with E-state index in [1.54, 1.807) is 36.4 Å². The molecule has 4 nitrogen and oxygen atoms in total. The van der Waals surface area contributed by atoms with Crippen molar-refractivity contribution >= 4 is 23.2 Å². The number of carbonyl (C=O) groups excluding carboxylic acids is 2. The number of aryl methyl sites for hydroxylation is 1. The largest absolute Gasteiger partial charge is 0.322 e. The van der Waals surface area contributed by atoms with Gasteiger partial charge in [-0.25, -0.2) is 4.39 Å². The van der Waals surface area contributed by atoms with Gasteiger partial charge >= 0.3 is 0 Å². The lowest BCUT2D eigenvalue weighted by Crippen LogP contribution is -2.18. The molecule has 0 bridgehead atoms. The summed E-state index contributed by atoms with van der Waals surface area (Å²) < 4.78 is 13.0. The number of amides is 2. The van der Waals surface area contributed by atoms with Gasteiger partial charge in [-0.1, -0.05) is 29.8 Å². The van der Waals surface area contributed by atoms with Gasteiger partial charge in [-0.3, -0.25) is 9.59 Å². The fourth-order valence-electron chi connectivity index (χ4n) is 2.42. The first kappa shape index (κ1) is 17.4. The van der Waals surface area contributed by atoms with Crippen LogP contribution in [0.2, 0.25) is 0 Å². The SMILES string of the molecule is Cc1ccc(C(=O)Nc2ccccc2C(=O)Nc2ccc(F)cc2)cc1. The Morgan fingerprint density at radius 2 is 1.42 bits per heavy atom. The molecule has 0 aliphatic rings. The highest BCUT2D eigenvalue weighted by molar-refractivity contribution is 6.12. The van der Waals surface area contributed by atoms with Crippen LogP contribution < -0.4 is 10.6 Å².